The topological polar surface area (TPSA) is 95.6 Å². The first-order valence-corrected chi connectivity index (χ1v) is 11.8. The summed E-state index contributed by atoms with van der Waals surface area (Å²) < 4.78 is 6.28. The molecule has 4 rings (SSSR count). The van der Waals surface area contributed by atoms with Crippen molar-refractivity contribution in [2.24, 2.45) is 0 Å². The average Bonchev–Trinajstić information content (AvgIpc) is 2.86. The monoisotopic (exact) mass is 529 g/mol. The second-order valence-electron chi connectivity index (χ2n) is 8.46. The summed E-state index contributed by atoms with van der Waals surface area (Å²) in [5, 5.41) is 9.40. The van der Waals surface area contributed by atoms with Gasteiger partial charge in [0.1, 0.15) is 17.7 Å². The van der Waals surface area contributed by atoms with E-state index in [9.17, 15) is 9.59 Å². The number of piperidine rings is 1. The normalized spacial score (nSPS) is 13.3. The van der Waals surface area contributed by atoms with Gasteiger partial charge in [0.25, 0.3) is 11.8 Å². The maximum atomic E-state index is 13.4. The Bertz CT molecular complexity index is 1200. The third-order valence-electron chi connectivity index (χ3n) is 5.69. The van der Waals surface area contributed by atoms with E-state index in [1.54, 1.807) is 42.5 Å². The van der Waals surface area contributed by atoms with Crippen molar-refractivity contribution in [3.05, 3.63) is 76.9 Å². The summed E-state index contributed by atoms with van der Waals surface area (Å²) in [6, 6.07) is 15.6. The Hall–Kier alpha value is -3.33. The number of nitrogens with zero attached hydrogens (tertiary/aromatic N) is 2. The van der Waals surface area contributed by atoms with Crippen molar-refractivity contribution in [1.29, 1.82) is 0 Å². The quantitative estimate of drug-likeness (QED) is 0.404. The predicted octanol–water partition coefficient (Wildman–Crippen LogP) is 4.86. The molecule has 0 saturated carbocycles. The zero-order chi connectivity index (χ0) is 24.8. The highest BCUT2D eigenvalue weighted by molar-refractivity contribution is 6.30. The number of carbonyl (C=O) groups is 2. The van der Waals surface area contributed by atoms with E-state index in [4.69, 9.17) is 16.3 Å². The van der Waals surface area contributed by atoms with Crippen LogP contribution in [0.1, 0.15) is 33.6 Å². The lowest BCUT2D eigenvalue weighted by Crippen LogP contribution is -2.34. The largest absolute Gasteiger partial charge is 0.489 e. The van der Waals surface area contributed by atoms with Crippen LogP contribution < -0.4 is 25.6 Å². The lowest BCUT2D eigenvalue weighted by molar-refractivity contribution is 0.101. The molecule has 190 valence electrons. The second kappa shape index (κ2) is 12.6. The van der Waals surface area contributed by atoms with Gasteiger partial charge in [-0.05, 0) is 62.3 Å². The molecule has 2 aromatic carbocycles. The fourth-order valence-corrected chi connectivity index (χ4v) is 3.89. The molecule has 1 saturated heterocycles. The Balaban J connectivity index is 0.00000361. The number of nitrogens with one attached hydrogen (secondary N) is 3. The van der Waals surface area contributed by atoms with E-state index in [-0.39, 0.29) is 24.4 Å². The van der Waals surface area contributed by atoms with Gasteiger partial charge in [0.15, 0.2) is 0 Å². The number of pyridine rings is 1. The average molecular weight is 530 g/mol. The highest BCUT2D eigenvalue weighted by Crippen LogP contribution is 2.29. The summed E-state index contributed by atoms with van der Waals surface area (Å²) in [5.41, 5.74) is 2.03. The number of halogens is 2. The molecule has 3 N–H and O–H groups in total. The Morgan fingerprint density at radius 2 is 1.72 bits per heavy atom. The highest BCUT2D eigenvalue weighted by atomic mass is 35.5. The molecular formula is C26H29Cl2N5O3. The summed E-state index contributed by atoms with van der Waals surface area (Å²) in [5.74, 6) is 0.124. The smallest absolute Gasteiger partial charge is 0.259 e. The molecule has 3 aromatic rings. The molecule has 1 aliphatic rings. The van der Waals surface area contributed by atoms with E-state index in [0.29, 0.717) is 33.4 Å². The van der Waals surface area contributed by atoms with Crippen molar-refractivity contribution in [3.63, 3.8) is 0 Å². The van der Waals surface area contributed by atoms with Crippen LogP contribution in [-0.2, 0) is 0 Å². The SMILES string of the molecule is CN(C)c1ccc(C(=O)Nc2ccccc2C(=O)Nc2ccc(Cl)cn2)c(OC2CCNCC2)c1.Cl. The number of anilines is 3. The molecule has 1 fully saturated rings. The number of aromatic nitrogens is 1. The molecule has 0 aliphatic carbocycles. The fraction of sp³-hybridized carbons (Fsp3) is 0.269. The van der Waals surface area contributed by atoms with E-state index >= 15 is 0 Å². The van der Waals surface area contributed by atoms with Gasteiger partial charge < -0.3 is 25.6 Å². The standard InChI is InChI=1S/C26H28ClN5O3.ClH/c1-32(2)18-8-9-21(23(15-18)35-19-11-13-28-14-12-19)26(34)30-22-6-4-3-5-20(22)25(33)31-24-10-7-17(27)16-29-24;/h3-10,15-16,19,28H,11-14H2,1-2H3,(H,30,34)(H,29,31,33);1H. The summed E-state index contributed by atoms with van der Waals surface area (Å²) >= 11 is 5.87. The van der Waals surface area contributed by atoms with Crippen LogP contribution >= 0.6 is 24.0 Å². The fourth-order valence-electron chi connectivity index (χ4n) is 3.78. The van der Waals surface area contributed by atoms with Crippen LogP contribution in [0.3, 0.4) is 0 Å². The number of ether oxygens (including phenoxy) is 1. The summed E-state index contributed by atoms with van der Waals surface area (Å²) in [4.78, 5) is 32.3. The number of rotatable bonds is 7. The minimum Gasteiger partial charge on any atom is -0.489 e. The maximum absolute atomic E-state index is 13.4. The van der Waals surface area contributed by atoms with Gasteiger partial charge in [0, 0.05) is 32.0 Å². The molecule has 10 heteroatoms. The Morgan fingerprint density at radius 3 is 2.42 bits per heavy atom. The highest BCUT2D eigenvalue weighted by Gasteiger charge is 2.21. The van der Waals surface area contributed by atoms with Gasteiger partial charge in [0.2, 0.25) is 0 Å². The summed E-state index contributed by atoms with van der Waals surface area (Å²) in [6.45, 7) is 1.76. The number of hydrogen-bond donors (Lipinski definition) is 3. The van der Waals surface area contributed by atoms with Crippen molar-refractivity contribution in [2.75, 3.05) is 42.7 Å². The number of carbonyl (C=O) groups excluding carboxylic acids is 2. The van der Waals surface area contributed by atoms with Gasteiger partial charge >= 0.3 is 0 Å². The molecule has 0 unspecified atom stereocenters. The molecule has 36 heavy (non-hydrogen) atoms. The molecule has 0 bridgehead atoms. The second-order valence-corrected chi connectivity index (χ2v) is 8.89. The lowest BCUT2D eigenvalue weighted by atomic mass is 10.1. The van der Waals surface area contributed by atoms with Crippen molar-refractivity contribution in [3.8, 4) is 5.75 Å². The molecule has 1 aromatic heterocycles. The number of benzene rings is 2. The van der Waals surface area contributed by atoms with Crippen LogP contribution in [0.4, 0.5) is 17.2 Å². The summed E-state index contributed by atoms with van der Waals surface area (Å²) in [7, 11) is 3.88. The third kappa shape index (κ3) is 6.87. The zero-order valence-electron chi connectivity index (χ0n) is 20.1. The summed E-state index contributed by atoms with van der Waals surface area (Å²) in [6.07, 6.45) is 3.22. The van der Waals surface area contributed by atoms with E-state index in [2.05, 4.69) is 20.9 Å². The van der Waals surface area contributed by atoms with E-state index < -0.39 is 5.91 Å². The van der Waals surface area contributed by atoms with E-state index in [0.717, 1.165) is 31.6 Å². The Morgan fingerprint density at radius 1 is 1.00 bits per heavy atom. The molecule has 2 heterocycles. The van der Waals surface area contributed by atoms with Crippen LogP contribution in [-0.4, -0.2) is 50.1 Å². The third-order valence-corrected chi connectivity index (χ3v) is 5.92. The van der Waals surface area contributed by atoms with Crippen molar-refractivity contribution in [2.45, 2.75) is 18.9 Å². The van der Waals surface area contributed by atoms with Crippen LogP contribution in [0.2, 0.25) is 5.02 Å². The van der Waals surface area contributed by atoms with E-state index in [1.165, 1.54) is 6.20 Å². The van der Waals surface area contributed by atoms with Crippen molar-refractivity contribution >= 4 is 53.0 Å². The lowest BCUT2D eigenvalue weighted by Gasteiger charge is -2.26. The van der Waals surface area contributed by atoms with Gasteiger partial charge in [-0.25, -0.2) is 4.98 Å². The van der Waals surface area contributed by atoms with E-state index in [1.807, 2.05) is 31.1 Å². The van der Waals surface area contributed by atoms with Crippen molar-refractivity contribution < 1.29 is 14.3 Å². The van der Waals surface area contributed by atoms with Crippen molar-refractivity contribution in [1.82, 2.24) is 10.3 Å². The number of hydrogen-bond acceptors (Lipinski definition) is 6. The van der Waals surface area contributed by atoms with Crippen LogP contribution in [0.25, 0.3) is 0 Å². The van der Waals surface area contributed by atoms with Gasteiger partial charge in [-0.1, -0.05) is 23.7 Å². The molecule has 1 aliphatic heterocycles. The van der Waals surface area contributed by atoms with Gasteiger partial charge in [-0.2, -0.15) is 0 Å². The Kier molecular flexibility index (Phi) is 9.52. The molecule has 0 radical (unpaired) electrons. The zero-order valence-corrected chi connectivity index (χ0v) is 21.7. The first-order valence-electron chi connectivity index (χ1n) is 11.4. The number of amides is 2. The minimum absolute atomic E-state index is 0. The first-order chi connectivity index (χ1) is 16.9. The van der Waals surface area contributed by atoms with Crippen LogP contribution in [0.5, 0.6) is 5.75 Å². The van der Waals surface area contributed by atoms with Gasteiger partial charge in [-0.15, -0.1) is 12.4 Å². The van der Waals surface area contributed by atoms with Crippen LogP contribution in [0, 0.1) is 0 Å². The first kappa shape index (κ1) is 27.3. The molecule has 8 nitrogen and oxygen atoms in total. The van der Waals surface area contributed by atoms with Crippen LogP contribution in [0.15, 0.2) is 60.8 Å². The predicted molar refractivity (Wildman–Crippen MR) is 146 cm³/mol. The minimum atomic E-state index is -0.398. The molecule has 0 spiro atoms. The molecule has 0 atom stereocenters. The Labute approximate surface area is 221 Å². The van der Waals surface area contributed by atoms with Gasteiger partial charge in [-0.3, -0.25) is 9.59 Å². The number of para-hydroxylation sites is 1. The maximum Gasteiger partial charge on any atom is 0.259 e. The van der Waals surface area contributed by atoms with Gasteiger partial charge in [0.05, 0.1) is 21.8 Å². The molecular weight excluding hydrogens is 501 g/mol. The molecule has 2 amide bonds.